The topological polar surface area (TPSA) is 70.7 Å². The van der Waals surface area contributed by atoms with Crippen LogP contribution in [0.15, 0.2) is 42.5 Å². The molecule has 31 heavy (non-hydrogen) atoms. The van der Waals surface area contributed by atoms with E-state index in [2.05, 4.69) is 21.6 Å². The number of aryl methyl sites for hydroxylation is 1. The van der Waals surface area contributed by atoms with Crippen molar-refractivity contribution < 1.29 is 14.3 Å². The highest BCUT2D eigenvalue weighted by Gasteiger charge is 2.15. The molecule has 1 unspecified atom stereocenters. The van der Waals surface area contributed by atoms with Crippen molar-refractivity contribution in [3.05, 3.63) is 53.1 Å². The van der Waals surface area contributed by atoms with E-state index in [1.54, 1.807) is 19.2 Å². The van der Waals surface area contributed by atoms with Gasteiger partial charge in [-0.05, 0) is 62.1 Å². The van der Waals surface area contributed by atoms with Crippen LogP contribution in [0.1, 0.15) is 38.2 Å². The highest BCUT2D eigenvalue weighted by Crippen LogP contribution is 2.25. The minimum absolute atomic E-state index is 0.0942. The molecule has 7 heteroatoms. The Bertz CT molecular complexity index is 913. The van der Waals surface area contributed by atoms with Crippen molar-refractivity contribution >= 4 is 34.8 Å². The number of carbonyl (C=O) groups is 2. The molecule has 2 amide bonds. The minimum Gasteiger partial charge on any atom is -0.495 e. The number of benzene rings is 2. The van der Waals surface area contributed by atoms with Crippen LogP contribution < -0.4 is 20.3 Å². The molecule has 1 fully saturated rings. The highest BCUT2D eigenvalue weighted by molar-refractivity contribution is 6.32. The van der Waals surface area contributed by atoms with Crippen LogP contribution in [-0.2, 0) is 16.0 Å². The van der Waals surface area contributed by atoms with Crippen molar-refractivity contribution in [2.75, 3.05) is 30.4 Å². The van der Waals surface area contributed by atoms with E-state index < -0.39 is 0 Å². The molecule has 0 saturated carbocycles. The van der Waals surface area contributed by atoms with E-state index in [-0.39, 0.29) is 24.3 Å². The summed E-state index contributed by atoms with van der Waals surface area (Å²) in [5, 5.41) is 6.36. The van der Waals surface area contributed by atoms with Crippen LogP contribution in [0.4, 0.5) is 11.4 Å². The molecule has 1 aliphatic rings. The third-order valence-electron chi connectivity index (χ3n) is 5.36. The fourth-order valence-corrected chi connectivity index (χ4v) is 4.05. The quantitative estimate of drug-likeness (QED) is 0.602. The van der Waals surface area contributed by atoms with Gasteiger partial charge < -0.3 is 20.3 Å². The standard InChI is InChI=1S/C24H30ClN3O3/c1-17(26-23(29)11-9-18-8-10-22(31-2)21(25)15-18)14-24(30)27-19-6-5-7-20(16-19)28-12-3-4-13-28/h5-8,10,15-17H,3-4,9,11-14H2,1-2H3,(H,26,29)(H,27,30). The molecular weight excluding hydrogens is 414 g/mol. The second kappa shape index (κ2) is 11.0. The number of rotatable bonds is 9. The van der Waals surface area contributed by atoms with E-state index in [1.165, 1.54) is 12.8 Å². The number of nitrogens with zero attached hydrogens (tertiary/aromatic N) is 1. The Morgan fingerprint density at radius 1 is 1.13 bits per heavy atom. The molecule has 1 atom stereocenters. The van der Waals surface area contributed by atoms with E-state index in [0.717, 1.165) is 30.0 Å². The summed E-state index contributed by atoms with van der Waals surface area (Å²) >= 11 is 6.13. The van der Waals surface area contributed by atoms with E-state index in [1.807, 2.05) is 31.2 Å². The molecule has 3 rings (SSSR count). The number of hydrogen-bond acceptors (Lipinski definition) is 4. The van der Waals surface area contributed by atoms with Crippen LogP contribution in [0.3, 0.4) is 0 Å². The molecule has 0 aliphatic carbocycles. The summed E-state index contributed by atoms with van der Waals surface area (Å²) in [6, 6.07) is 13.2. The summed E-state index contributed by atoms with van der Waals surface area (Å²) in [6.07, 6.45) is 3.52. The van der Waals surface area contributed by atoms with E-state index in [4.69, 9.17) is 16.3 Å². The molecular formula is C24H30ClN3O3. The predicted molar refractivity (Wildman–Crippen MR) is 125 cm³/mol. The number of carbonyl (C=O) groups excluding carboxylic acids is 2. The third kappa shape index (κ3) is 6.89. The Balaban J connectivity index is 1.43. The number of anilines is 2. The molecule has 2 aromatic rings. The number of methoxy groups -OCH3 is 1. The van der Waals surface area contributed by atoms with Crippen molar-refractivity contribution in [2.24, 2.45) is 0 Å². The summed E-state index contributed by atoms with van der Waals surface area (Å²) in [7, 11) is 1.57. The Kier molecular flexibility index (Phi) is 8.18. The van der Waals surface area contributed by atoms with Gasteiger partial charge in [-0.15, -0.1) is 0 Å². The first-order valence-corrected chi connectivity index (χ1v) is 11.1. The first kappa shape index (κ1) is 22.9. The van der Waals surface area contributed by atoms with Crippen LogP contribution >= 0.6 is 11.6 Å². The average Bonchev–Trinajstić information content (AvgIpc) is 3.27. The molecule has 1 aliphatic heterocycles. The van der Waals surface area contributed by atoms with Gasteiger partial charge in [0.2, 0.25) is 11.8 Å². The van der Waals surface area contributed by atoms with Crippen molar-refractivity contribution in [1.82, 2.24) is 5.32 Å². The van der Waals surface area contributed by atoms with Crippen LogP contribution in [-0.4, -0.2) is 38.1 Å². The van der Waals surface area contributed by atoms with Gasteiger partial charge in [0.05, 0.1) is 12.1 Å². The lowest BCUT2D eigenvalue weighted by atomic mass is 10.1. The largest absolute Gasteiger partial charge is 0.495 e. The fourth-order valence-electron chi connectivity index (χ4n) is 3.77. The van der Waals surface area contributed by atoms with Gasteiger partial charge in [0.1, 0.15) is 5.75 Å². The zero-order valence-corrected chi connectivity index (χ0v) is 18.9. The van der Waals surface area contributed by atoms with E-state index in [9.17, 15) is 9.59 Å². The SMILES string of the molecule is COc1ccc(CCC(=O)NC(C)CC(=O)Nc2cccc(N3CCCC3)c2)cc1Cl. The van der Waals surface area contributed by atoms with Gasteiger partial charge in [-0.25, -0.2) is 0 Å². The second-order valence-corrected chi connectivity index (χ2v) is 8.34. The van der Waals surface area contributed by atoms with Crippen molar-refractivity contribution in [3.63, 3.8) is 0 Å². The van der Waals surface area contributed by atoms with Gasteiger partial charge in [0, 0.05) is 43.3 Å². The van der Waals surface area contributed by atoms with Crippen LogP contribution in [0.2, 0.25) is 5.02 Å². The Labute approximate surface area is 188 Å². The maximum absolute atomic E-state index is 12.4. The molecule has 1 saturated heterocycles. The lowest BCUT2D eigenvalue weighted by Gasteiger charge is -2.19. The molecule has 0 radical (unpaired) electrons. The lowest BCUT2D eigenvalue weighted by Crippen LogP contribution is -2.35. The zero-order chi connectivity index (χ0) is 22.2. The van der Waals surface area contributed by atoms with Gasteiger partial charge >= 0.3 is 0 Å². The van der Waals surface area contributed by atoms with Crippen LogP contribution in [0.5, 0.6) is 5.75 Å². The average molecular weight is 444 g/mol. The molecule has 2 aromatic carbocycles. The summed E-state index contributed by atoms with van der Waals surface area (Å²) in [4.78, 5) is 27.0. The number of hydrogen-bond donors (Lipinski definition) is 2. The monoisotopic (exact) mass is 443 g/mol. The van der Waals surface area contributed by atoms with Gasteiger partial charge in [-0.2, -0.15) is 0 Å². The lowest BCUT2D eigenvalue weighted by molar-refractivity contribution is -0.122. The summed E-state index contributed by atoms with van der Waals surface area (Å²) in [5.74, 6) is 0.400. The maximum atomic E-state index is 12.4. The van der Waals surface area contributed by atoms with Gasteiger partial charge in [0.15, 0.2) is 0 Å². The smallest absolute Gasteiger partial charge is 0.226 e. The van der Waals surface area contributed by atoms with Gasteiger partial charge in [-0.1, -0.05) is 23.7 Å². The third-order valence-corrected chi connectivity index (χ3v) is 5.65. The van der Waals surface area contributed by atoms with Crippen LogP contribution in [0.25, 0.3) is 0 Å². The van der Waals surface area contributed by atoms with Crippen molar-refractivity contribution in [2.45, 2.75) is 45.1 Å². The molecule has 2 N–H and O–H groups in total. The number of nitrogens with one attached hydrogen (secondary N) is 2. The first-order valence-electron chi connectivity index (χ1n) is 10.7. The van der Waals surface area contributed by atoms with E-state index in [0.29, 0.717) is 23.6 Å². The summed E-state index contributed by atoms with van der Waals surface area (Å²) in [6.45, 7) is 3.95. The Morgan fingerprint density at radius 2 is 1.90 bits per heavy atom. The molecule has 166 valence electrons. The molecule has 0 aromatic heterocycles. The normalized spacial score (nSPS) is 14.2. The summed E-state index contributed by atoms with van der Waals surface area (Å²) in [5.41, 5.74) is 2.88. The van der Waals surface area contributed by atoms with Gasteiger partial charge in [-0.3, -0.25) is 9.59 Å². The maximum Gasteiger partial charge on any atom is 0.226 e. The summed E-state index contributed by atoms with van der Waals surface area (Å²) < 4.78 is 5.14. The second-order valence-electron chi connectivity index (χ2n) is 7.93. The molecule has 1 heterocycles. The molecule has 0 bridgehead atoms. The number of ether oxygens (including phenoxy) is 1. The van der Waals surface area contributed by atoms with Crippen LogP contribution in [0, 0.1) is 0 Å². The highest BCUT2D eigenvalue weighted by atomic mass is 35.5. The molecule has 6 nitrogen and oxygen atoms in total. The number of amides is 2. The van der Waals surface area contributed by atoms with Crippen molar-refractivity contribution in [1.29, 1.82) is 0 Å². The predicted octanol–water partition coefficient (Wildman–Crippen LogP) is 4.41. The number of halogens is 1. The minimum atomic E-state index is -0.256. The molecule has 0 spiro atoms. The Hall–Kier alpha value is -2.73. The zero-order valence-electron chi connectivity index (χ0n) is 18.1. The van der Waals surface area contributed by atoms with Gasteiger partial charge in [0.25, 0.3) is 0 Å². The van der Waals surface area contributed by atoms with Crippen molar-refractivity contribution in [3.8, 4) is 5.75 Å². The first-order chi connectivity index (χ1) is 14.9. The fraction of sp³-hybridized carbons (Fsp3) is 0.417. The Morgan fingerprint density at radius 3 is 2.61 bits per heavy atom. The van der Waals surface area contributed by atoms with E-state index >= 15 is 0 Å².